The van der Waals surface area contributed by atoms with E-state index in [0.717, 1.165) is 0 Å². The zero-order chi connectivity index (χ0) is 29.4. The number of aromatic hydroxyl groups is 1. The van der Waals surface area contributed by atoms with Gasteiger partial charge in [0.1, 0.15) is 23.9 Å². The second-order valence-electron chi connectivity index (χ2n) is 10.2. The smallest absolute Gasteiger partial charge is 0.326 e. The fraction of sp³-hybridized carbons (Fsp3) is 0.630. The van der Waals surface area contributed by atoms with Crippen LogP contribution in [0.4, 0.5) is 0 Å². The lowest BCUT2D eigenvalue weighted by Gasteiger charge is -2.25. The van der Waals surface area contributed by atoms with Gasteiger partial charge in [0.15, 0.2) is 0 Å². The molecule has 1 aromatic carbocycles. The minimum Gasteiger partial charge on any atom is -0.508 e. The average molecular weight is 551 g/mol. The van der Waals surface area contributed by atoms with Gasteiger partial charge in [-0.1, -0.05) is 26.0 Å². The number of carbonyl (C=O) groups excluding carboxylic acids is 3. The third-order valence-corrected chi connectivity index (χ3v) is 6.21. The van der Waals surface area contributed by atoms with Gasteiger partial charge in [-0.05, 0) is 81.6 Å². The SMILES string of the molecule is CC(C)CC(N)C(=O)NC(Cc1ccc(O)cc1)C(=O)NC(CCCCN)C(=O)NC(CCCCN)C(=O)O. The van der Waals surface area contributed by atoms with E-state index in [4.69, 9.17) is 17.2 Å². The van der Waals surface area contributed by atoms with Gasteiger partial charge in [-0.15, -0.1) is 0 Å². The number of carbonyl (C=O) groups is 4. The molecule has 0 heterocycles. The first-order valence-corrected chi connectivity index (χ1v) is 13.6. The van der Waals surface area contributed by atoms with Crippen LogP contribution in [0.1, 0.15) is 64.4 Å². The van der Waals surface area contributed by atoms with E-state index < -0.39 is 47.9 Å². The molecule has 12 heteroatoms. The van der Waals surface area contributed by atoms with Gasteiger partial charge in [-0.3, -0.25) is 14.4 Å². The molecule has 11 N–H and O–H groups in total. The number of nitrogens with two attached hydrogens (primary N) is 3. The summed E-state index contributed by atoms with van der Waals surface area (Å²) in [7, 11) is 0. The molecule has 0 saturated heterocycles. The minimum atomic E-state index is -1.18. The summed E-state index contributed by atoms with van der Waals surface area (Å²) in [5, 5.41) is 27.1. The first-order chi connectivity index (χ1) is 18.5. The van der Waals surface area contributed by atoms with E-state index in [2.05, 4.69) is 16.0 Å². The molecule has 0 fully saturated rings. The average Bonchev–Trinajstić information content (AvgIpc) is 2.87. The Morgan fingerprint density at radius 3 is 1.77 bits per heavy atom. The quantitative estimate of drug-likeness (QED) is 0.109. The van der Waals surface area contributed by atoms with Crippen LogP contribution in [0.15, 0.2) is 24.3 Å². The topological polar surface area (TPSA) is 223 Å². The number of amides is 3. The molecule has 0 radical (unpaired) electrons. The third-order valence-electron chi connectivity index (χ3n) is 6.21. The van der Waals surface area contributed by atoms with Gasteiger partial charge in [0.2, 0.25) is 17.7 Å². The zero-order valence-corrected chi connectivity index (χ0v) is 23.0. The Bertz CT molecular complexity index is 911. The number of phenolic OH excluding ortho intramolecular Hbond substituents is 1. The fourth-order valence-corrected chi connectivity index (χ4v) is 4.03. The number of hydrogen-bond acceptors (Lipinski definition) is 8. The Morgan fingerprint density at radius 2 is 1.26 bits per heavy atom. The standard InChI is InChI=1S/C27H46N6O6/c1-17(2)15-20(30)24(35)33-23(16-18-9-11-19(34)12-10-18)26(37)31-21(7-3-5-13-28)25(36)32-22(27(38)39)8-4-6-14-29/h9-12,17,20-23,34H,3-8,13-16,28-30H2,1-2H3,(H,31,37)(H,32,36)(H,33,35)(H,38,39). The van der Waals surface area contributed by atoms with Gasteiger partial charge in [-0.25, -0.2) is 4.79 Å². The maximum absolute atomic E-state index is 13.4. The van der Waals surface area contributed by atoms with E-state index in [1.54, 1.807) is 12.1 Å². The van der Waals surface area contributed by atoms with Gasteiger partial charge < -0.3 is 43.4 Å². The third kappa shape index (κ3) is 13.4. The molecule has 4 atom stereocenters. The number of hydrogen-bond donors (Lipinski definition) is 8. The number of carboxylic acids is 1. The van der Waals surface area contributed by atoms with Crippen molar-refractivity contribution in [2.24, 2.45) is 23.1 Å². The van der Waals surface area contributed by atoms with Crippen LogP contribution < -0.4 is 33.2 Å². The number of carboxylic acid groups (broad SMARTS) is 1. The van der Waals surface area contributed by atoms with Crippen molar-refractivity contribution >= 4 is 23.7 Å². The molecule has 0 saturated carbocycles. The Hall–Kier alpha value is -3.22. The number of unbranched alkanes of at least 4 members (excludes halogenated alkanes) is 2. The lowest BCUT2D eigenvalue weighted by molar-refractivity contribution is -0.142. The van der Waals surface area contributed by atoms with E-state index in [0.29, 0.717) is 50.8 Å². The van der Waals surface area contributed by atoms with Gasteiger partial charge >= 0.3 is 5.97 Å². The van der Waals surface area contributed by atoms with Crippen LogP contribution in [0.5, 0.6) is 5.75 Å². The summed E-state index contributed by atoms with van der Waals surface area (Å²) in [4.78, 5) is 51.0. The Morgan fingerprint density at radius 1 is 0.769 bits per heavy atom. The monoisotopic (exact) mass is 550 g/mol. The molecular weight excluding hydrogens is 504 g/mol. The van der Waals surface area contributed by atoms with Crippen molar-refractivity contribution < 1.29 is 29.4 Å². The molecule has 220 valence electrons. The second-order valence-corrected chi connectivity index (χ2v) is 10.2. The lowest BCUT2D eigenvalue weighted by Crippen LogP contribution is -2.57. The zero-order valence-electron chi connectivity index (χ0n) is 23.0. The molecule has 0 aliphatic rings. The van der Waals surface area contributed by atoms with Crippen molar-refractivity contribution in [2.75, 3.05) is 13.1 Å². The molecule has 4 unspecified atom stereocenters. The lowest BCUT2D eigenvalue weighted by atomic mass is 10.0. The number of aliphatic carboxylic acids is 1. The molecular formula is C27H46N6O6. The molecule has 0 aliphatic carbocycles. The van der Waals surface area contributed by atoms with Crippen LogP contribution in [-0.4, -0.2) is 71.2 Å². The molecule has 1 rings (SSSR count). The van der Waals surface area contributed by atoms with E-state index in [-0.39, 0.29) is 30.9 Å². The number of nitrogens with one attached hydrogen (secondary N) is 3. The van der Waals surface area contributed by atoms with Crippen LogP contribution >= 0.6 is 0 Å². The van der Waals surface area contributed by atoms with Gasteiger partial charge in [-0.2, -0.15) is 0 Å². The largest absolute Gasteiger partial charge is 0.508 e. The molecule has 0 spiro atoms. The van der Waals surface area contributed by atoms with Gasteiger partial charge in [0, 0.05) is 6.42 Å². The maximum atomic E-state index is 13.4. The minimum absolute atomic E-state index is 0.0545. The fourth-order valence-electron chi connectivity index (χ4n) is 4.03. The second kappa shape index (κ2) is 18.1. The number of phenols is 1. The van der Waals surface area contributed by atoms with Crippen molar-refractivity contribution in [1.82, 2.24) is 16.0 Å². The highest BCUT2D eigenvalue weighted by atomic mass is 16.4. The van der Waals surface area contributed by atoms with Crippen molar-refractivity contribution in [3.8, 4) is 5.75 Å². The molecule has 3 amide bonds. The summed E-state index contributed by atoms with van der Waals surface area (Å²) in [5.41, 5.74) is 17.8. The first kappa shape index (κ1) is 33.8. The Kier molecular flexibility index (Phi) is 15.7. The highest BCUT2D eigenvalue weighted by Crippen LogP contribution is 2.13. The van der Waals surface area contributed by atoms with E-state index >= 15 is 0 Å². The predicted octanol–water partition coefficient (Wildman–Crippen LogP) is 0.105. The maximum Gasteiger partial charge on any atom is 0.326 e. The summed E-state index contributed by atoms with van der Waals surface area (Å²) >= 11 is 0. The number of rotatable bonds is 19. The molecule has 12 nitrogen and oxygen atoms in total. The summed E-state index contributed by atoms with van der Waals surface area (Å²) in [6, 6.07) is 2.13. The molecule has 0 bridgehead atoms. The van der Waals surface area contributed by atoms with Crippen molar-refractivity contribution in [3.05, 3.63) is 29.8 Å². The Labute approximate surface area is 230 Å². The van der Waals surface area contributed by atoms with Crippen molar-refractivity contribution in [1.29, 1.82) is 0 Å². The van der Waals surface area contributed by atoms with Crippen molar-refractivity contribution in [3.63, 3.8) is 0 Å². The van der Waals surface area contributed by atoms with Crippen LogP contribution in [0.3, 0.4) is 0 Å². The molecule has 0 aliphatic heterocycles. The Balaban J connectivity index is 3.11. The molecule has 0 aromatic heterocycles. The van der Waals surface area contributed by atoms with Crippen molar-refractivity contribution in [2.45, 2.75) is 89.4 Å². The molecule has 39 heavy (non-hydrogen) atoms. The number of benzene rings is 1. The van der Waals surface area contributed by atoms with E-state index in [1.165, 1.54) is 12.1 Å². The highest BCUT2D eigenvalue weighted by Gasteiger charge is 2.30. The van der Waals surface area contributed by atoms with Crippen LogP contribution in [0.25, 0.3) is 0 Å². The van der Waals surface area contributed by atoms with E-state index in [1.807, 2.05) is 13.8 Å². The normalized spacial score (nSPS) is 14.2. The summed E-state index contributed by atoms with van der Waals surface area (Å²) in [5.74, 6) is -2.71. The molecule has 1 aromatic rings. The van der Waals surface area contributed by atoms with E-state index in [9.17, 15) is 29.4 Å². The predicted molar refractivity (Wildman–Crippen MR) is 148 cm³/mol. The van der Waals surface area contributed by atoms with Crippen LogP contribution in [-0.2, 0) is 25.6 Å². The summed E-state index contributed by atoms with van der Waals surface area (Å²) in [6.07, 6.45) is 3.21. The summed E-state index contributed by atoms with van der Waals surface area (Å²) in [6.45, 7) is 4.66. The highest BCUT2D eigenvalue weighted by molar-refractivity contribution is 5.94. The van der Waals surface area contributed by atoms with Crippen LogP contribution in [0, 0.1) is 5.92 Å². The van der Waals surface area contributed by atoms with Crippen LogP contribution in [0.2, 0.25) is 0 Å². The van der Waals surface area contributed by atoms with Gasteiger partial charge in [0.05, 0.1) is 6.04 Å². The first-order valence-electron chi connectivity index (χ1n) is 13.6. The summed E-state index contributed by atoms with van der Waals surface area (Å²) < 4.78 is 0. The van der Waals surface area contributed by atoms with Gasteiger partial charge in [0.25, 0.3) is 0 Å².